The van der Waals surface area contributed by atoms with E-state index in [1.54, 1.807) is 30.3 Å². The molecule has 0 saturated carbocycles. The highest BCUT2D eigenvalue weighted by molar-refractivity contribution is 5.96. The first kappa shape index (κ1) is 22.6. The van der Waals surface area contributed by atoms with Crippen molar-refractivity contribution in [3.8, 4) is 17.3 Å². The molecule has 1 N–H and O–H groups in total. The summed E-state index contributed by atoms with van der Waals surface area (Å²) in [5, 5.41) is 19.3. The minimum atomic E-state index is -0.329. The van der Waals surface area contributed by atoms with Crippen molar-refractivity contribution in [3.63, 3.8) is 0 Å². The van der Waals surface area contributed by atoms with Gasteiger partial charge in [0.05, 0.1) is 30.9 Å². The van der Waals surface area contributed by atoms with Crippen LogP contribution in [0.25, 0.3) is 22.3 Å². The summed E-state index contributed by atoms with van der Waals surface area (Å²) in [6.45, 7) is 3.80. The molecule has 6 heterocycles. The highest BCUT2D eigenvalue weighted by Crippen LogP contribution is 2.37. The van der Waals surface area contributed by atoms with Crippen LogP contribution in [0.1, 0.15) is 29.8 Å². The molecule has 36 heavy (non-hydrogen) atoms. The maximum atomic E-state index is 12.6. The Labute approximate surface area is 208 Å². The van der Waals surface area contributed by atoms with Gasteiger partial charge in [0.1, 0.15) is 23.2 Å². The maximum absolute atomic E-state index is 12.6. The Morgan fingerprint density at radius 3 is 2.81 bits per heavy atom. The van der Waals surface area contributed by atoms with E-state index in [1.807, 2.05) is 29.3 Å². The molecule has 0 aliphatic carbocycles. The maximum Gasteiger partial charge on any atom is 0.194 e. The fraction of sp³-hybridized carbons (Fsp3) is 0.440. The number of H-pyrrole nitrogens is 1. The number of likely N-dealkylation sites (tertiary alicyclic amines) is 2. The van der Waals surface area contributed by atoms with Gasteiger partial charge in [0.25, 0.3) is 0 Å². The Kier molecular flexibility index (Phi) is 5.62. The van der Waals surface area contributed by atoms with Crippen molar-refractivity contribution in [1.29, 1.82) is 5.26 Å². The Hall–Kier alpha value is -3.88. The zero-order chi connectivity index (χ0) is 24.7. The van der Waals surface area contributed by atoms with Crippen LogP contribution in [0.4, 0.5) is 0 Å². The average molecular weight is 485 g/mol. The van der Waals surface area contributed by atoms with Gasteiger partial charge in [-0.1, -0.05) is 0 Å². The van der Waals surface area contributed by atoms with Gasteiger partial charge in [-0.3, -0.25) is 24.0 Å². The van der Waals surface area contributed by atoms with E-state index in [4.69, 9.17) is 0 Å². The third kappa shape index (κ3) is 3.88. The normalized spacial score (nSPS) is 18.8. The van der Waals surface area contributed by atoms with Crippen molar-refractivity contribution in [2.45, 2.75) is 30.8 Å². The molecule has 11 heteroatoms. The molecule has 0 unspecified atom stereocenters. The molecule has 0 spiro atoms. The lowest BCUT2D eigenvalue weighted by molar-refractivity contribution is -0.0424. The van der Waals surface area contributed by atoms with Crippen molar-refractivity contribution < 1.29 is 4.79 Å². The van der Waals surface area contributed by atoms with Crippen LogP contribution in [0, 0.1) is 11.3 Å². The number of Topliss-reactive ketones (excluding diaryl/α,β-unsaturated/α-hetero) is 1. The van der Waals surface area contributed by atoms with Crippen LogP contribution in [0.3, 0.4) is 0 Å². The molecule has 4 aromatic rings. The van der Waals surface area contributed by atoms with Gasteiger partial charge >= 0.3 is 0 Å². The molecular formula is C25H28N10O. The van der Waals surface area contributed by atoms with Gasteiger partial charge < -0.3 is 4.98 Å². The molecule has 0 radical (unpaired) electrons. The fourth-order valence-corrected chi connectivity index (χ4v) is 5.63. The zero-order valence-corrected chi connectivity index (χ0v) is 20.2. The number of nitrogens with zero attached hydrogens (tertiary/aromatic N) is 9. The molecule has 0 amide bonds. The van der Waals surface area contributed by atoms with Gasteiger partial charge in [-0.05, 0) is 25.0 Å². The van der Waals surface area contributed by atoms with E-state index in [1.165, 1.54) is 0 Å². The van der Waals surface area contributed by atoms with Crippen LogP contribution >= 0.6 is 0 Å². The quantitative estimate of drug-likeness (QED) is 0.394. The number of nitriles is 1. The number of aryl methyl sites for hydroxylation is 1. The van der Waals surface area contributed by atoms with Crippen molar-refractivity contribution in [1.82, 2.24) is 44.3 Å². The molecular weight excluding hydrogens is 456 g/mol. The molecule has 0 bridgehead atoms. The second-order valence-corrected chi connectivity index (χ2v) is 9.87. The second-order valence-electron chi connectivity index (χ2n) is 9.87. The number of carbonyl (C=O) groups is 1. The smallest absolute Gasteiger partial charge is 0.194 e. The van der Waals surface area contributed by atoms with Crippen molar-refractivity contribution in [3.05, 3.63) is 48.9 Å². The summed E-state index contributed by atoms with van der Waals surface area (Å²) in [6, 6.07) is 6.58. The molecule has 2 aliphatic rings. The van der Waals surface area contributed by atoms with E-state index in [0.29, 0.717) is 24.7 Å². The fourth-order valence-electron chi connectivity index (χ4n) is 5.63. The number of fused-ring (bicyclic) bond motifs is 1. The molecule has 2 fully saturated rings. The summed E-state index contributed by atoms with van der Waals surface area (Å²) in [4.78, 5) is 29.2. The number of nitrogens with one attached hydrogen (secondary N) is 1. The van der Waals surface area contributed by atoms with Crippen LogP contribution in [-0.4, -0.2) is 88.9 Å². The number of hydrogen-bond acceptors (Lipinski definition) is 8. The molecule has 2 saturated heterocycles. The number of ketones is 1. The monoisotopic (exact) mass is 484 g/mol. The lowest BCUT2D eigenvalue weighted by atomic mass is 9.84. The lowest BCUT2D eigenvalue weighted by Gasteiger charge is -2.53. The van der Waals surface area contributed by atoms with Crippen LogP contribution in [0.15, 0.2) is 43.2 Å². The summed E-state index contributed by atoms with van der Waals surface area (Å²) in [5.41, 5.74) is 2.87. The number of rotatable bonds is 7. The predicted octanol–water partition coefficient (Wildman–Crippen LogP) is 1.83. The largest absolute Gasteiger partial charge is 0.346 e. The standard InChI is InChI=1S/C25H28N10O/c1-32-21(3-9-30-32)22(36)14-33-10-4-19(5-11-33)34-15-25(16-34,6-7-26)35-13-18(12-31-35)23-20-2-8-27-24(20)29-17-28-23/h2-3,8-9,12-13,17,19H,4-6,10-11,14-16H2,1H3,(H,27,28,29). The first-order valence-electron chi connectivity index (χ1n) is 12.2. The highest BCUT2D eigenvalue weighted by atomic mass is 16.1. The van der Waals surface area contributed by atoms with E-state index in [2.05, 4.69) is 41.0 Å². The molecule has 4 aromatic heterocycles. The molecule has 6 rings (SSSR count). The molecule has 0 atom stereocenters. The first-order chi connectivity index (χ1) is 17.6. The Morgan fingerprint density at radius 2 is 2.06 bits per heavy atom. The summed E-state index contributed by atoms with van der Waals surface area (Å²) >= 11 is 0. The molecule has 2 aliphatic heterocycles. The van der Waals surface area contributed by atoms with Crippen LogP contribution in [0.2, 0.25) is 0 Å². The third-order valence-electron chi connectivity index (χ3n) is 7.65. The van der Waals surface area contributed by atoms with Crippen molar-refractivity contribution in [2.75, 3.05) is 32.7 Å². The summed E-state index contributed by atoms with van der Waals surface area (Å²) in [7, 11) is 1.80. The molecule has 0 aromatic carbocycles. The van der Waals surface area contributed by atoms with Gasteiger partial charge in [0.15, 0.2) is 5.78 Å². The van der Waals surface area contributed by atoms with Gasteiger partial charge in [0.2, 0.25) is 0 Å². The Morgan fingerprint density at radius 1 is 1.22 bits per heavy atom. The SMILES string of the molecule is Cn1nccc1C(=O)CN1CCC(N2CC(CC#N)(n3cc(-c4ncnc5[nH]ccc45)cn3)C2)CC1. The van der Waals surface area contributed by atoms with Crippen LogP contribution in [-0.2, 0) is 12.6 Å². The van der Waals surface area contributed by atoms with Gasteiger partial charge in [0, 0.05) is 68.8 Å². The van der Waals surface area contributed by atoms with E-state index < -0.39 is 0 Å². The zero-order valence-electron chi connectivity index (χ0n) is 20.2. The minimum absolute atomic E-state index is 0.112. The topological polar surface area (TPSA) is 125 Å². The van der Waals surface area contributed by atoms with Crippen LogP contribution < -0.4 is 0 Å². The highest BCUT2D eigenvalue weighted by Gasteiger charge is 2.48. The number of aromatic amines is 1. The second kappa shape index (κ2) is 8.96. The van der Waals surface area contributed by atoms with Crippen molar-refractivity contribution >= 4 is 16.8 Å². The number of aromatic nitrogens is 7. The van der Waals surface area contributed by atoms with Crippen LogP contribution in [0.5, 0.6) is 0 Å². The van der Waals surface area contributed by atoms with Gasteiger partial charge in [-0.2, -0.15) is 15.5 Å². The predicted molar refractivity (Wildman–Crippen MR) is 132 cm³/mol. The molecule has 11 nitrogen and oxygen atoms in total. The lowest BCUT2D eigenvalue weighted by Crippen LogP contribution is -2.66. The number of piperidine rings is 1. The number of carbonyl (C=O) groups excluding carboxylic acids is 1. The van der Waals surface area contributed by atoms with E-state index in [9.17, 15) is 10.1 Å². The van der Waals surface area contributed by atoms with Gasteiger partial charge in [-0.25, -0.2) is 9.97 Å². The number of hydrogen-bond donors (Lipinski definition) is 1. The Bertz CT molecular complexity index is 1430. The van der Waals surface area contributed by atoms with E-state index in [0.717, 1.165) is 61.3 Å². The molecule has 184 valence electrons. The van der Waals surface area contributed by atoms with E-state index >= 15 is 0 Å². The first-order valence-corrected chi connectivity index (χ1v) is 12.2. The third-order valence-corrected chi connectivity index (χ3v) is 7.65. The summed E-state index contributed by atoms with van der Waals surface area (Å²) < 4.78 is 3.60. The summed E-state index contributed by atoms with van der Waals surface area (Å²) in [6.07, 6.45) is 11.3. The summed E-state index contributed by atoms with van der Waals surface area (Å²) in [5.74, 6) is 0.112. The van der Waals surface area contributed by atoms with Gasteiger partial charge in [-0.15, -0.1) is 0 Å². The van der Waals surface area contributed by atoms with E-state index in [-0.39, 0.29) is 11.3 Å². The Balaban J connectivity index is 1.10. The average Bonchev–Trinajstić information content (AvgIpc) is 3.62. The van der Waals surface area contributed by atoms with Crippen molar-refractivity contribution in [2.24, 2.45) is 7.05 Å². The minimum Gasteiger partial charge on any atom is -0.346 e.